The van der Waals surface area contributed by atoms with E-state index < -0.39 is 5.97 Å². The Morgan fingerprint density at radius 3 is 2.25 bits per heavy atom. The quantitative estimate of drug-likeness (QED) is 0.264. The lowest BCUT2D eigenvalue weighted by molar-refractivity contribution is -0.140. The van der Waals surface area contributed by atoms with E-state index in [1.165, 1.54) is 6.92 Å². The molecule has 0 aromatic carbocycles. The van der Waals surface area contributed by atoms with Crippen LogP contribution in [-0.4, -0.2) is 37.4 Å². The summed E-state index contributed by atoms with van der Waals surface area (Å²) in [5, 5.41) is 0. The highest BCUT2D eigenvalue weighted by molar-refractivity contribution is 5.98. The third kappa shape index (κ3) is 7.87. The van der Waals surface area contributed by atoms with Gasteiger partial charge in [-0.3, -0.25) is 9.59 Å². The van der Waals surface area contributed by atoms with Gasteiger partial charge in [-0.2, -0.15) is 0 Å². The summed E-state index contributed by atoms with van der Waals surface area (Å²) in [6, 6.07) is 0. The highest BCUT2D eigenvalue weighted by atomic mass is 16.6. The highest BCUT2D eigenvalue weighted by Gasteiger charge is 2.06. The Morgan fingerprint density at radius 1 is 1.12 bits per heavy atom. The van der Waals surface area contributed by atoms with Crippen LogP contribution in [0.4, 0.5) is 0 Å². The first-order valence-corrected chi connectivity index (χ1v) is 4.85. The van der Waals surface area contributed by atoms with Gasteiger partial charge < -0.3 is 9.47 Å². The first-order chi connectivity index (χ1) is 7.43. The minimum Gasteiger partial charge on any atom is -0.460 e. The number of esters is 1. The molecular weight excluding hydrogens is 212 g/mol. The first-order valence-electron chi connectivity index (χ1n) is 4.85. The maximum Gasteiger partial charge on any atom is 0.333 e. The third-order valence-electron chi connectivity index (χ3n) is 1.52. The fourth-order valence-electron chi connectivity index (χ4n) is 0.831. The molecule has 0 spiro atoms. The molecule has 0 aromatic heterocycles. The van der Waals surface area contributed by atoms with Crippen molar-refractivity contribution in [1.29, 1.82) is 0 Å². The van der Waals surface area contributed by atoms with E-state index in [0.29, 0.717) is 5.57 Å². The topological polar surface area (TPSA) is 69.7 Å². The van der Waals surface area contributed by atoms with Gasteiger partial charge in [-0.1, -0.05) is 6.58 Å². The number of Topliss-reactive ketones (excluding diaryl/α,β-unsaturated/α-hetero) is 2. The highest BCUT2D eigenvalue weighted by Crippen LogP contribution is 1.92. The molecular formula is C11H16O5. The molecule has 90 valence electrons. The van der Waals surface area contributed by atoms with Gasteiger partial charge in [0.05, 0.1) is 13.0 Å². The smallest absolute Gasteiger partial charge is 0.333 e. The van der Waals surface area contributed by atoms with Gasteiger partial charge in [-0.25, -0.2) is 4.79 Å². The molecule has 0 bridgehead atoms. The van der Waals surface area contributed by atoms with E-state index in [4.69, 9.17) is 9.47 Å². The Morgan fingerprint density at radius 2 is 1.75 bits per heavy atom. The number of carbonyl (C=O) groups excluding carboxylic acids is 3. The van der Waals surface area contributed by atoms with E-state index in [9.17, 15) is 14.4 Å². The molecule has 5 nitrogen and oxygen atoms in total. The Bertz CT molecular complexity index is 293. The summed E-state index contributed by atoms with van der Waals surface area (Å²) in [4.78, 5) is 32.4. The lowest BCUT2D eigenvalue weighted by Crippen LogP contribution is -2.16. The van der Waals surface area contributed by atoms with Crippen molar-refractivity contribution in [2.45, 2.75) is 20.3 Å². The Kier molecular flexibility index (Phi) is 7.03. The van der Waals surface area contributed by atoms with Gasteiger partial charge in [-0.15, -0.1) is 0 Å². The van der Waals surface area contributed by atoms with Crippen molar-refractivity contribution in [1.82, 2.24) is 0 Å². The zero-order chi connectivity index (χ0) is 12.6. The Hall–Kier alpha value is -1.49. The summed E-state index contributed by atoms with van der Waals surface area (Å²) in [6.45, 7) is 6.35. The normalized spacial score (nSPS) is 9.62. The number of carbonyl (C=O) groups is 3. The Labute approximate surface area is 94.4 Å². The number of hydrogen-bond acceptors (Lipinski definition) is 5. The van der Waals surface area contributed by atoms with Crippen LogP contribution < -0.4 is 0 Å². The molecule has 0 unspecified atom stereocenters. The second-order valence-corrected chi connectivity index (χ2v) is 3.39. The van der Waals surface area contributed by atoms with Gasteiger partial charge in [0.25, 0.3) is 0 Å². The summed E-state index contributed by atoms with van der Waals surface area (Å²) < 4.78 is 9.64. The molecule has 0 saturated carbocycles. The second kappa shape index (κ2) is 7.76. The molecule has 0 aromatic rings. The molecule has 0 amide bonds. The van der Waals surface area contributed by atoms with E-state index >= 15 is 0 Å². The predicted octanol–water partition coefficient (Wildman–Crippen LogP) is 0.671. The van der Waals surface area contributed by atoms with Crippen molar-refractivity contribution in [3.63, 3.8) is 0 Å². The van der Waals surface area contributed by atoms with E-state index in [-0.39, 0.29) is 37.8 Å². The fraction of sp³-hybridized carbons (Fsp3) is 0.545. The molecule has 0 aliphatic carbocycles. The van der Waals surface area contributed by atoms with E-state index in [1.54, 1.807) is 6.92 Å². The molecule has 0 fully saturated rings. The monoisotopic (exact) mass is 228 g/mol. The molecule has 0 N–H and O–H groups in total. The predicted molar refractivity (Wildman–Crippen MR) is 56.9 cm³/mol. The van der Waals surface area contributed by atoms with Gasteiger partial charge >= 0.3 is 5.97 Å². The molecule has 5 heteroatoms. The minimum atomic E-state index is -0.487. The SMILES string of the molecule is C=C(C)C(=O)OCCOCC(=O)CC(C)=O. The van der Waals surface area contributed by atoms with Crippen LogP contribution in [0, 0.1) is 0 Å². The van der Waals surface area contributed by atoms with Crippen LogP contribution in [0.15, 0.2) is 12.2 Å². The van der Waals surface area contributed by atoms with Gasteiger partial charge in [0.15, 0.2) is 5.78 Å². The largest absolute Gasteiger partial charge is 0.460 e. The van der Waals surface area contributed by atoms with Crippen molar-refractivity contribution in [3.05, 3.63) is 12.2 Å². The van der Waals surface area contributed by atoms with Gasteiger partial charge in [0.1, 0.15) is 19.0 Å². The van der Waals surface area contributed by atoms with Crippen molar-refractivity contribution in [2.24, 2.45) is 0 Å². The van der Waals surface area contributed by atoms with Crippen LogP contribution in [0.3, 0.4) is 0 Å². The van der Waals surface area contributed by atoms with Crippen LogP contribution in [0.1, 0.15) is 20.3 Å². The summed E-state index contributed by atoms with van der Waals surface area (Å²) in [5.74, 6) is -0.959. The van der Waals surface area contributed by atoms with Crippen molar-refractivity contribution in [3.8, 4) is 0 Å². The molecule has 0 aliphatic heterocycles. The van der Waals surface area contributed by atoms with E-state index in [2.05, 4.69) is 6.58 Å². The molecule has 0 heterocycles. The van der Waals surface area contributed by atoms with Crippen LogP contribution in [0.2, 0.25) is 0 Å². The van der Waals surface area contributed by atoms with Crippen LogP contribution >= 0.6 is 0 Å². The number of rotatable bonds is 8. The van der Waals surface area contributed by atoms with Crippen LogP contribution in [0.5, 0.6) is 0 Å². The van der Waals surface area contributed by atoms with Gasteiger partial charge in [0, 0.05) is 5.57 Å². The number of ether oxygens (including phenoxy) is 2. The lowest BCUT2D eigenvalue weighted by Gasteiger charge is -2.04. The molecule has 0 aliphatic rings. The Balaban J connectivity index is 3.47. The second-order valence-electron chi connectivity index (χ2n) is 3.39. The average Bonchev–Trinajstić information content (AvgIpc) is 2.15. The molecule has 0 saturated heterocycles. The summed E-state index contributed by atoms with van der Waals surface area (Å²) >= 11 is 0. The lowest BCUT2D eigenvalue weighted by atomic mass is 10.2. The average molecular weight is 228 g/mol. The molecule has 0 radical (unpaired) electrons. The minimum absolute atomic E-state index is 0.0685. The zero-order valence-electron chi connectivity index (χ0n) is 9.58. The van der Waals surface area contributed by atoms with Gasteiger partial charge in [0.2, 0.25) is 0 Å². The maximum absolute atomic E-state index is 11.0. The molecule has 16 heavy (non-hydrogen) atoms. The number of hydrogen-bond donors (Lipinski definition) is 0. The standard InChI is InChI=1S/C11H16O5/c1-8(2)11(14)16-5-4-15-7-10(13)6-9(3)12/h1,4-7H2,2-3H3. The fourth-order valence-corrected chi connectivity index (χ4v) is 0.831. The van der Waals surface area contributed by atoms with Crippen molar-refractivity contribution < 1.29 is 23.9 Å². The summed E-state index contributed by atoms with van der Waals surface area (Å²) in [5.41, 5.74) is 0.313. The van der Waals surface area contributed by atoms with Crippen LogP contribution in [0.25, 0.3) is 0 Å². The van der Waals surface area contributed by atoms with E-state index in [0.717, 1.165) is 0 Å². The van der Waals surface area contributed by atoms with Crippen molar-refractivity contribution >= 4 is 17.5 Å². The number of ketones is 2. The molecule has 0 atom stereocenters. The first kappa shape index (κ1) is 14.5. The van der Waals surface area contributed by atoms with Crippen LogP contribution in [-0.2, 0) is 23.9 Å². The molecule has 0 rings (SSSR count). The van der Waals surface area contributed by atoms with Crippen molar-refractivity contribution in [2.75, 3.05) is 19.8 Å². The van der Waals surface area contributed by atoms with E-state index in [1.807, 2.05) is 0 Å². The zero-order valence-corrected chi connectivity index (χ0v) is 9.58. The maximum atomic E-state index is 11.0. The third-order valence-corrected chi connectivity index (χ3v) is 1.52. The summed E-state index contributed by atoms with van der Waals surface area (Å²) in [6.07, 6.45) is -0.119. The van der Waals surface area contributed by atoms with Gasteiger partial charge in [-0.05, 0) is 13.8 Å². The summed E-state index contributed by atoms with van der Waals surface area (Å²) in [7, 11) is 0.